The van der Waals surface area contributed by atoms with E-state index in [-0.39, 0.29) is 13.5 Å². The van der Waals surface area contributed by atoms with Gasteiger partial charge in [0, 0.05) is 18.3 Å². The largest absolute Gasteiger partial charge is 0.497 e. The molecule has 1 rings (SSSR count). The van der Waals surface area contributed by atoms with Crippen molar-refractivity contribution in [1.82, 2.24) is 0 Å². The zero-order chi connectivity index (χ0) is 14.9. The van der Waals surface area contributed by atoms with Gasteiger partial charge >= 0.3 is 0 Å². The number of benzene rings is 1. The molecule has 0 saturated carbocycles. The van der Waals surface area contributed by atoms with Crippen LogP contribution in [0.3, 0.4) is 0 Å². The predicted octanol–water partition coefficient (Wildman–Crippen LogP) is 4.88. The minimum Gasteiger partial charge on any atom is -0.497 e. The van der Waals surface area contributed by atoms with Crippen LogP contribution in [0, 0.1) is 0 Å². The molecular formula is C16H30N2OS. The fourth-order valence-corrected chi connectivity index (χ4v) is 1.06. The lowest BCUT2D eigenvalue weighted by atomic mass is 10.3. The van der Waals surface area contributed by atoms with Gasteiger partial charge in [0.25, 0.3) is 0 Å². The summed E-state index contributed by atoms with van der Waals surface area (Å²) in [6.07, 6.45) is 4.46. The molecule has 0 aromatic heterocycles. The summed E-state index contributed by atoms with van der Waals surface area (Å²) in [5.41, 5.74) is 1.03. The number of hydrogen-bond acceptors (Lipinski definition) is 3. The van der Waals surface area contributed by atoms with Crippen molar-refractivity contribution in [2.75, 3.05) is 19.1 Å². The maximum Gasteiger partial charge on any atom is 0.119 e. The van der Waals surface area contributed by atoms with Crippen LogP contribution in [-0.4, -0.2) is 20.0 Å². The summed E-state index contributed by atoms with van der Waals surface area (Å²) in [5.74, 6) is 0.857. The zero-order valence-electron chi connectivity index (χ0n) is 13.4. The molecule has 0 unspecified atom stereocenters. The Hall–Kier alpha value is -1.42. The van der Waals surface area contributed by atoms with Gasteiger partial charge in [0.2, 0.25) is 0 Å². The number of hydrogen-bond donors (Lipinski definition) is 1. The third-order valence-corrected chi connectivity index (χ3v) is 1.87. The summed E-state index contributed by atoms with van der Waals surface area (Å²) in [6, 6.07) is 7.75. The molecule has 1 aromatic rings. The zero-order valence-corrected chi connectivity index (χ0v) is 14.4. The molecular weight excluding hydrogens is 268 g/mol. The number of nitrogens with one attached hydrogen (secondary N) is 1. The highest BCUT2D eigenvalue weighted by molar-refractivity contribution is 7.59. The second kappa shape index (κ2) is 19.9. The smallest absolute Gasteiger partial charge is 0.119 e. The van der Waals surface area contributed by atoms with Crippen LogP contribution < -0.4 is 10.1 Å². The standard InChI is InChI=1S/C12H16N2O.2C2H6.H2S/c1-3-4-9-13-10-14-11-5-7-12(15-2)8-6-11;2*1-2;/h3,5-9,14H,1,4,10H2,2H3;2*1-2H3;1H2/b13-9-;;;. The molecule has 0 amide bonds. The molecule has 116 valence electrons. The molecule has 20 heavy (non-hydrogen) atoms. The highest BCUT2D eigenvalue weighted by Gasteiger charge is 1.91. The van der Waals surface area contributed by atoms with Gasteiger partial charge in [-0.1, -0.05) is 33.8 Å². The molecule has 0 spiro atoms. The van der Waals surface area contributed by atoms with Crippen molar-refractivity contribution in [2.45, 2.75) is 34.1 Å². The summed E-state index contributed by atoms with van der Waals surface area (Å²) in [6.45, 7) is 12.2. The fourth-order valence-electron chi connectivity index (χ4n) is 1.06. The first-order valence-corrected chi connectivity index (χ1v) is 6.84. The van der Waals surface area contributed by atoms with Crippen LogP contribution in [0.5, 0.6) is 5.75 Å². The Labute approximate surface area is 131 Å². The van der Waals surface area contributed by atoms with E-state index in [1.54, 1.807) is 7.11 Å². The normalized spacial score (nSPS) is 8.25. The number of allylic oxidation sites excluding steroid dienone is 1. The van der Waals surface area contributed by atoms with Crippen LogP contribution in [0.4, 0.5) is 5.69 Å². The minimum absolute atomic E-state index is 0. The molecule has 0 fully saturated rings. The van der Waals surface area contributed by atoms with Gasteiger partial charge in [0.1, 0.15) is 12.4 Å². The van der Waals surface area contributed by atoms with E-state index in [4.69, 9.17) is 4.74 Å². The Morgan fingerprint density at radius 1 is 1.15 bits per heavy atom. The number of aliphatic imine (C=N–C) groups is 1. The SMILES string of the molecule is C=CC/C=N\CNc1ccc(OC)cc1.CC.CC.S. The second-order valence-corrected chi connectivity index (χ2v) is 2.95. The highest BCUT2D eigenvalue weighted by atomic mass is 32.1. The molecule has 1 N–H and O–H groups in total. The van der Waals surface area contributed by atoms with Crippen LogP contribution in [0.1, 0.15) is 34.1 Å². The van der Waals surface area contributed by atoms with E-state index in [0.717, 1.165) is 17.9 Å². The number of methoxy groups -OCH3 is 1. The Balaban J connectivity index is -0.000000529. The first-order valence-electron chi connectivity index (χ1n) is 6.84. The molecule has 0 saturated heterocycles. The van der Waals surface area contributed by atoms with E-state index in [9.17, 15) is 0 Å². The predicted molar refractivity (Wildman–Crippen MR) is 97.9 cm³/mol. The van der Waals surface area contributed by atoms with E-state index in [1.807, 2.05) is 64.3 Å². The average Bonchev–Trinajstić information content (AvgIpc) is 2.52. The molecule has 0 aliphatic carbocycles. The van der Waals surface area contributed by atoms with Crippen molar-refractivity contribution < 1.29 is 4.74 Å². The van der Waals surface area contributed by atoms with Crippen LogP contribution in [-0.2, 0) is 0 Å². The Morgan fingerprint density at radius 2 is 1.70 bits per heavy atom. The second-order valence-electron chi connectivity index (χ2n) is 2.95. The number of ether oxygens (including phenoxy) is 1. The van der Waals surface area contributed by atoms with Crippen molar-refractivity contribution in [3.8, 4) is 5.75 Å². The molecule has 0 aliphatic rings. The lowest BCUT2D eigenvalue weighted by molar-refractivity contribution is 0.415. The highest BCUT2D eigenvalue weighted by Crippen LogP contribution is 2.14. The number of rotatable bonds is 6. The van der Waals surface area contributed by atoms with Crippen molar-refractivity contribution >= 4 is 25.4 Å². The molecule has 4 heteroatoms. The third-order valence-electron chi connectivity index (χ3n) is 1.87. The van der Waals surface area contributed by atoms with E-state index in [0.29, 0.717) is 6.67 Å². The van der Waals surface area contributed by atoms with Crippen molar-refractivity contribution in [3.05, 3.63) is 36.9 Å². The molecule has 0 bridgehead atoms. The first-order chi connectivity index (χ1) is 9.36. The van der Waals surface area contributed by atoms with Gasteiger partial charge in [-0.05, 0) is 24.3 Å². The van der Waals surface area contributed by atoms with Crippen molar-refractivity contribution in [3.63, 3.8) is 0 Å². The van der Waals surface area contributed by atoms with Crippen LogP contribution in [0.25, 0.3) is 0 Å². The number of nitrogens with zero attached hydrogens (tertiary/aromatic N) is 1. The molecule has 0 heterocycles. The minimum atomic E-state index is 0. The summed E-state index contributed by atoms with van der Waals surface area (Å²) in [5, 5.41) is 3.17. The van der Waals surface area contributed by atoms with Gasteiger partial charge in [-0.2, -0.15) is 13.5 Å². The molecule has 3 nitrogen and oxygen atoms in total. The summed E-state index contributed by atoms with van der Waals surface area (Å²) >= 11 is 0. The Bertz CT molecular complexity index is 324. The van der Waals surface area contributed by atoms with E-state index in [1.165, 1.54) is 0 Å². The van der Waals surface area contributed by atoms with Gasteiger partial charge in [-0.15, -0.1) is 6.58 Å². The third kappa shape index (κ3) is 13.0. The van der Waals surface area contributed by atoms with Gasteiger partial charge in [-0.3, -0.25) is 4.99 Å². The fraction of sp³-hybridized carbons (Fsp3) is 0.438. The Kier molecular flexibility index (Phi) is 23.5. The average molecular weight is 298 g/mol. The summed E-state index contributed by atoms with van der Waals surface area (Å²) in [4.78, 5) is 4.16. The van der Waals surface area contributed by atoms with E-state index < -0.39 is 0 Å². The number of anilines is 1. The van der Waals surface area contributed by atoms with Crippen LogP contribution >= 0.6 is 13.5 Å². The lowest BCUT2D eigenvalue weighted by Gasteiger charge is -2.04. The topological polar surface area (TPSA) is 33.6 Å². The molecule has 1 aromatic carbocycles. The monoisotopic (exact) mass is 298 g/mol. The van der Waals surface area contributed by atoms with E-state index in [2.05, 4.69) is 16.9 Å². The van der Waals surface area contributed by atoms with Crippen molar-refractivity contribution in [2.24, 2.45) is 4.99 Å². The van der Waals surface area contributed by atoms with E-state index >= 15 is 0 Å². The van der Waals surface area contributed by atoms with Gasteiger partial charge in [0.05, 0.1) is 7.11 Å². The maximum atomic E-state index is 5.06. The molecule has 0 atom stereocenters. The van der Waals surface area contributed by atoms with Crippen LogP contribution in [0.15, 0.2) is 41.9 Å². The Morgan fingerprint density at radius 3 is 2.15 bits per heavy atom. The van der Waals surface area contributed by atoms with Crippen LogP contribution in [0.2, 0.25) is 0 Å². The van der Waals surface area contributed by atoms with Crippen molar-refractivity contribution in [1.29, 1.82) is 0 Å². The maximum absolute atomic E-state index is 5.06. The quantitative estimate of drug-likeness (QED) is 0.600. The summed E-state index contributed by atoms with van der Waals surface area (Å²) in [7, 11) is 1.65. The van der Waals surface area contributed by atoms with Gasteiger partial charge in [0.15, 0.2) is 0 Å². The molecule has 0 radical (unpaired) electrons. The van der Waals surface area contributed by atoms with Gasteiger partial charge in [-0.25, -0.2) is 0 Å². The lowest BCUT2D eigenvalue weighted by Crippen LogP contribution is -1.98. The molecule has 0 aliphatic heterocycles. The summed E-state index contributed by atoms with van der Waals surface area (Å²) < 4.78 is 5.06. The first kappa shape index (κ1) is 23.7. The van der Waals surface area contributed by atoms with Gasteiger partial charge < -0.3 is 10.1 Å².